The van der Waals surface area contributed by atoms with Crippen molar-refractivity contribution in [2.45, 2.75) is 40.0 Å². The molecule has 0 aromatic carbocycles. The van der Waals surface area contributed by atoms with E-state index in [2.05, 4.69) is 33.4 Å². The summed E-state index contributed by atoms with van der Waals surface area (Å²) >= 11 is 0. The molecular formula is C11H18. The van der Waals surface area contributed by atoms with E-state index in [1.54, 1.807) is 0 Å². The summed E-state index contributed by atoms with van der Waals surface area (Å²) in [6, 6.07) is 0. The molecule has 0 spiro atoms. The fourth-order valence-corrected chi connectivity index (χ4v) is 1.64. The summed E-state index contributed by atoms with van der Waals surface area (Å²) in [7, 11) is 0. The molecule has 1 aliphatic rings. The molecule has 0 heterocycles. The van der Waals surface area contributed by atoms with Gasteiger partial charge in [-0.05, 0) is 31.6 Å². The summed E-state index contributed by atoms with van der Waals surface area (Å²) in [6.07, 6.45) is 5.97. The van der Waals surface area contributed by atoms with Gasteiger partial charge in [0.25, 0.3) is 0 Å². The van der Waals surface area contributed by atoms with Crippen molar-refractivity contribution in [1.82, 2.24) is 0 Å². The minimum Gasteiger partial charge on any atom is -0.0958 e. The van der Waals surface area contributed by atoms with E-state index in [1.165, 1.54) is 30.4 Å². The molecule has 0 amide bonds. The fraction of sp³-hybridized carbons (Fsp3) is 0.636. The Balaban J connectivity index is 2.87. The maximum atomic E-state index is 3.99. The zero-order valence-corrected chi connectivity index (χ0v) is 7.91. The lowest BCUT2D eigenvalue weighted by molar-refractivity contribution is 0.342. The highest BCUT2D eigenvalue weighted by molar-refractivity contribution is 5.28. The third kappa shape index (κ3) is 1.55. The quantitative estimate of drug-likeness (QED) is 0.534. The number of allylic oxidation sites excluding steroid dienone is 3. The lowest BCUT2D eigenvalue weighted by atomic mass is 9.72. The van der Waals surface area contributed by atoms with Gasteiger partial charge >= 0.3 is 0 Å². The largest absolute Gasteiger partial charge is 0.0958 e. The Hall–Kier alpha value is -0.520. The molecule has 0 N–H and O–H groups in total. The van der Waals surface area contributed by atoms with Crippen molar-refractivity contribution < 1.29 is 0 Å². The Kier molecular flexibility index (Phi) is 2.22. The van der Waals surface area contributed by atoms with Gasteiger partial charge in [-0.25, -0.2) is 0 Å². The van der Waals surface area contributed by atoms with E-state index in [1.807, 2.05) is 0 Å². The molecule has 0 aromatic rings. The molecular weight excluding hydrogens is 132 g/mol. The first kappa shape index (κ1) is 8.58. The monoisotopic (exact) mass is 150 g/mol. The van der Waals surface area contributed by atoms with Crippen LogP contribution in [0.4, 0.5) is 0 Å². The van der Waals surface area contributed by atoms with Crippen LogP contribution in [0.3, 0.4) is 0 Å². The smallest absolute Gasteiger partial charge is 0.0115 e. The highest BCUT2D eigenvalue weighted by Gasteiger charge is 2.26. The first-order valence-electron chi connectivity index (χ1n) is 4.45. The molecule has 0 radical (unpaired) electrons. The Bertz CT molecular complexity index is 198. The molecule has 0 saturated heterocycles. The Morgan fingerprint density at radius 2 is 2.27 bits per heavy atom. The van der Waals surface area contributed by atoms with Gasteiger partial charge in [-0.1, -0.05) is 37.6 Å². The Labute approximate surface area is 70.0 Å². The van der Waals surface area contributed by atoms with Crippen molar-refractivity contribution in [3.8, 4) is 0 Å². The standard InChI is InChI=1S/C11H18/c1-5-11(4)7-6-9(2)8-10(11)3/h8H,2,5-7H2,1,3-4H3. The predicted molar refractivity (Wildman–Crippen MR) is 50.5 cm³/mol. The molecule has 0 bridgehead atoms. The lowest BCUT2D eigenvalue weighted by Gasteiger charge is -2.33. The SMILES string of the molecule is C=C1C=C(C)C(C)(CC)CC1. The molecule has 1 rings (SSSR count). The summed E-state index contributed by atoms with van der Waals surface area (Å²) in [5, 5.41) is 0. The highest BCUT2D eigenvalue weighted by Crippen LogP contribution is 2.40. The summed E-state index contributed by atoms with van der Waals surface area (Å²) < 4.78 is 0. The average molecular weight is 150 g/mol. The zero-order chi connectivity index (χ0) is 8.48. The van der Waals surface area contributed by atoms with Crippen LogP contribution in [-0.4, -0.2) is 0 Å². The van der Waals surface area contributed by atoms with E-state index < -0.39 is 0 Å². The molecule has 1 atom stereocenters. The molecule has 1 unspecified atom stereocenters. The topological polar surface area (TPSA) is 0 Å². The van der Waals surface area contributed by atoms with Crippen molar-refractivity contribution in [3.05, 3.63) is 23.8 Å². The number of hydrogen-bond donors (Lipinski definition) is 0. The molecule has 62 valence electrons. The second kappa shape index (κ2) is 2.84. The second-order valence-corrected chi connectivity index (χ2v) is 3.90. The molecule has 0 aliphatic heterocycles. The van der Waals surface area contributed by atoms with Gasteiger partial charge in [0.15, 0.2) is 0 Å². The van der Waals surface area contributed by atoms with Crippen LogP contribution < -0.4 is 0 Å². The molecule has 0 heteroatoms. The van der Waals surface area contributed by atoms with Crippen LogP contribution in [0, 0.1) is 5.41 Å². The number of hydrogen-bond acceptors (Lipinski definition) is 0. The van der Waals surface area contributed by atoms with Crippen LogP contribution >= 0.6 is 0 Å². The van der Waals surface area contributed by atoms with Crippen LogP contribution in [0.25, 0.3) is 0 Å². The van der Waals surface area contributed by atoms with Gasteiger partial charge < -0.3 is 0 Å². The highest BCUT2D eigenvalue weighted by atomic mass is 14.3. The zero-order valence-electron chi connectivity index (χ0n) is 7.91. The van der Waals surface area contributed by atoms with Gasteiger partial charge in [-0.15, -0.1) is 0 Å². The molecule has 11 heavy (non-hydrogen) atoms. The Morgan fingerprint density at radius 3 is 2.73 bits per heavy atom. The van der Waals surface area contributed by atoms with E-state index in [0.717, 1.165) is 0 Å². The maximum absolute atomic E-state index is 3.99. The molecule has 0 fully saturated rings. The summed E-state index contributed by atoms with van der Waals surface area (Å²) in [5.41, 5.74) is 3.27. The molecule has 0 aromatic heterocycles. The summed E-state index contributed by atoms with van der Waals surface area (Å²) in [5.74, 6) is 0. The van der Waals surface area contributed by atoms with Gasteiger partial charge in [0.1, 0.15) is 0 Å². The van der Waals surface area contributed by atoms with Crippen LogP contribution in [0.2, 0.25) is 0 Å². The normalized spacial score (nSPS) is 31.9. The van der Waals surface area contributed by atoms with Gasteiger partial charge in [-0.3, -0.25) is 0 Å². The average Bonchev–Trinajstić information content (AvgIpc) is 1.98. The minimum absolute atomic E-state index is 0.460. The molecule has 0 saturated carbocycles. The Morgan fingerprint density at radius 1 is 1.64 bits per heavy atom. The van der Waals surface area contributed by atoms with Crippen LogP contribution in [0.15, 0.2) is 23.8 Å². The van der Waals surface area contributed by atoms with E-state index in [-0.39, 0.29) is 0 Å². The van der Waals surface area contributed by atoms with Crippen molar-refractivity contribution in [3.63, 3.8) is 0 Å². The van der Waals surface area contributed by atoms with Crippen LogP contribution in [-0.2, 0) is 0 Å². The van der Waals surface area contributed by atoms with Crippen molar-refractivity contribution in [2.24, 2.45) is 5.41 Å². The third-order valence-electron chi connectivity index (χ3n) is 3.15. The maximum Gasteiger partial charge on any atom is -0.0115 e. The lowest BCUT2D eigenvalue weighted by Crippen LogP contribution is -2.20. The minimum atomic E-state index is 0.460. The summed E-state index contributed by atoms with van der Waals surface area (Å²) in [4.78, 5) is 0. The first-order valence-corrected chi connectivity index (χ1v) is 4.45. The number of rotatable bonds is 1. The molecule has 1 aliphatic carbocycles. The van der Waals surface area contributed by atoms with Gasteiger partial charge in [0.05, 0.1) is 0 Å². The van der Waals surface area contributed by atoms with Gasteiger partial charge in [0, 0.05) is 0 Å². The van der Waals surface area contributed by atoms with E-state index in [0.29, 0.717) is 5.41 Å². The van der Waals surface area contributed by atoms with Crippen molar-refractivity contribution in [1.29, 1.82) is 0 Å². The second-order valence-electron chi connectivity index (χ2n) is 3.90. The van der Waals surface area contributed by atoms with E-state index in [4.69, 9.17) is 0 Å². The van der Waals surface area contributed by atoms with Crippen molar-refractivity contribution >= 4 is 0 Å². The van der Waals surface area contributed by atoms with Crippen LogP contribution in [0.1, 0.15) is 40.0 Å². The predicted octanol–water partition coefficient (Wildman–Crippen LogP) is 3.70. The van der Waals surface area contributed by atoms with Gasteiger partial charge in [-0.2, -0.15) is 0 Å². The van der Waals surface area contributed by atoms with E-state index in [9.17, 15) is 0 Å². The van der Waals surface area contributed by atoms with Crippen LogP contribution in [0.5, 0.6) is 0 Å². The first-order chi connectivity index (χ1) is 5.08. The molecule has 0 nitrogen and oxygen atoms in total. The van der Waals surface area contributed by atoms with Gasteiger partial charge in [0.2, 0.25) is 0 Å². The summed E-state index contributed by atoms with van der Waals surface area (Å²) in [6.45, 7) is 10.8. The third-order valence-corrected chi connectivity index (χ3v) is 3.15. The van der Waals surface area contributed by atoms with Crippen molar-refractivity contribution in [2.75, 3.05) is 0 Å². The van der Waals surface area contributed by atoms with E-state index >= 15 is 0 Å². The fourth-order valence-electron chi connectivity index (χ4n) is 1.64.